The third-order valence-corrected chi connectivity index (χ3v) is 2.92. The zero-order chi connectivity index (χ0) is 13.7. The van der Waals surface area contributed by atoms with Gasteiger partial charge in [0.25, 0.3) is 0 Å². The summed E-state index contributed by atoms with van der Waals surface area (Å²) in [6, 6.07) is 3.88. The standard InChI is InChI=1S/C13H17FN2O3/c1-18-12-5-4-9(7-11(12)14)16-13(17)15-8-10-3-2-6-19-10/h4-5,7,10H,2-3,6,8H2,1H3,(H2,15,16,17)/t10-/m0/s1. The molecule has 1 saturated heterocycles. The van der Waals surface area contributed by atoms with Crippen molar-refractivity contribution in [2.24, 2.45) is 0 Å². The van der Waals surface area contributed by atoms with E-state index in [0.717, 1.165) is 19.4 Å². The molecule has 0 aromatic heterocycles. The number of nitrogens with one attached hydrogen (secondary N) is 2. The first-order chi connectivity index (χ1) is 9.19. The molecule has 5 nitrogen and oxygen atoms in total. The number of halogens is 1. The minimum absolute atomic E-state index is 0.0818. The molecule has 1 aromatic carbocycles. The Labute approximate surface area is 111 Å². The molecule has 1 aliphatic heterocycles. The fourth-order valence-corrected chi connectivity index (χ4v) is 1.93. The highest BCUT2D eigenvalue weighted by Gasteiger charge is 2.16. The van der Waals surface area contributed by atoms with Crippen LogP contribution < -0.4 is 15.4 Å². The van der Waals surface area contributed by atoms with Gasteiger partial charge in [-0.25, -0.2) is 9.18 Å². The molecule has 1 aromatic rings. The number of carbonyl (C=O) groups excluding carboxylic acids is 1. The molecule has 1 fully saturated rings. The molecule has 1 aliphatic rings. The normalized spacial score (nSPS) is 18.1. The van der Waals surface area contributed by atoms with Crippen molar-refractivity contribution >= 4 is 11.7 Å². The molecular weight excluding hydrogens is 251 g/mol. The van der Waals surface area contributed by atoms with Gasteiger partial charge in [-0.05, 0) is 25.0 Å². The van der Waals surface area contributed by atoms with Crippen LogP contribution in [0.3, 0.4) is 0 Å². The first-order valence-electron chi connectivity index (χ1n) is 6.19. The van der Waals surface area contributed by atoms with E-state index in [1.165, 1.54) is 19.2 Å². The van der Waals surface area contributed by atoms with Gasteiger partial charge in [-0.3, -0.25) is 0 Å². The number of urea groups is 1. The fraction of sp³-hybridized carbons (Fsp3) is 0.462. The van der Waals surface area contributed by atoms with Gasteiger partial charge in [-0.1, -0.05) is 0 Å². The molecule has 0 radical (unpaired) electrons. The molecule has 19 heavy (non-hydrogen) atoms. The first kappa shape index (κ1) is 13.6. The van der Waals surface area contributed by atoms with Crippen LogP contribution in [0.5, 0.6) is 5.75 Å². The Hall–Kier alpha value is -1.82. The number of hydrogen-bond acceptors (Lipinski definition) is 3. The molecule has 2 N–H and O–H groups in total. The van der Waals surface area contributed by atoms with Crippen molar-refractivity contribution in [1.29, 1.82) is 0 Å². The van der Waals surface area contributed by atoms with E-state index in [4.69, 9.17) is 9.47 Å². The first-order valence-corrected chi connectivity index (χ1v) is 6.19. The highest BCUT2D eigenvalue weighted by molar-refractivity contribution is 5.89. The predicted octanol–water partition coefficient (Wildman–Crippen LogP) is 2.13. The van der Waals surface area contributed by atoms with Crippen molar-refractivity contribution in [1.82, 2.24) is 5.32 Å². The number of hydrogen-bond donors (Lipinski definition) is 2. The molecule has 0 aliphatic carbocycles. The van der Waals surface area contributed by atoms with Gasteiger partial charge in [0.05, 0.1) is 13.2 Å². The minimum Gasteiger partial charge on any atom is -0.494 e. The monoisotopic (exact) mass is 268 g/mol. The molecule has 104 valence electrons. The highest BCUT2D eigenvalue weighted by Crippen LogP contribution is 2.20. The van der Waals surface area contributed by atoms with Gasteiger partial charge in [-0.2, -0.15) is 0 Å². The largest absolute Gasteiger partial charge is 0.494 e. The van der Waals surface area contributed by atoms with Crippen LogP contribution in [0.4, 0.5) is 14.9 Å². The summed E-state index contributed by atoms with van der Waals surface area (Å²) in [6.45, 7) is 1.21. The smallest absolute Gasteiger partial charge is 0.319 e. The van der Waals surface area contributed by atoms with E-state index in [9.17, 15) is 9.18 Å². The summed E-state index contributed by atoms with van der Waals surface area (Å²) in [5, 5.41) is 5.25. The van der Waals surface area contributed by atoms with Gasteiger partial charge in [0.2, 0.25) is 0 Å². The molecule has 2 rings (SSSR count). The van der Waals surface area contributed by atoms with Crippen LogP contribution in [0.15, 0.2) is 18.2 Å². The fourth-order valence-electron chi connectivity index (χ4n) is 1.93. The number of methoxy groups -OCH3 is 1. The molecule has 0 unspecified atom stereocenters. The maximum atomic E-state index is 13.4. The third kappa shape index (κ3) is 3.82. The number of benzene rings is 1. The van der Waals surface area contributed by atoms with Gasteiger partial charge in [-0.15, -0.1) is 0 Å². The van der Waals surface area contributed by atoms with E-state index < -0.39 is 5.82 Å². The van der Waals surface area contributed by atoms with Gasteiger partial charge < -0.3 is 20.1 Å². The Morgan fingerprint density at radius 3 is 3.05 bits per heavy atom. The van der Waals surface area contributed by atoms with E-state index in [0.29, 0.717) is 12.2 Å². The SMILES string of the molecule is COc1ccc(NC(=O)NC[C@@H]2CCCO2)cc1F. The molecule has 0 spiro atoms. The van der Waals surface area contributed by atoms with E-state index in [1.807, 2.05) is 0 Å². The van der Waals surface area contributed by atoms with Crippen LogP contribution in [0.1, 0.15) is 12.8 Å². The summed E-state index contributed by atoms with van der Waals surface area (Å²) in [5.41, 5.74) is 0.378. The van der Waals surface area contributed by atoms with Crippen molar-refractivity contribution in [3.63, 3.8) is 0 Å². The summed E-state index contributed by atoms with van der Waals surface area (Å²) in [5.74, 6) is -0.371. The third-order valence-electron chi connectivity index (χ3n) is 2.92. The zero-order valence-corrected chi connectivity index (χ0v) is 10.7. The second-order valence-corrected chi connectivity index (χ2v) is 4.32. The summed E-state index contributed by atoms with van der Waals surface area (Å²) in [4.78, 5) is 11.6. The summed E-state index contributed by atoms with van der Waals surface area (Å²) < 4.78 is 23.6. The van der Waals surface area contributed by atoms with Crippen molar-refractivity contribution in [2.75, 3.05) is 25.6 Å². The van der Waals surface area contributed by atoms with Crippen LogP contribution in [0.25, 0.3) is 0 Å². The Balaban J connectivity index is 1.82. The average molecular weight is 268 g/mol. The van der Waals surface area contributed by atoms with E-state index in [1.54, 1.807) is 6.07 Å². The number of anilines is 1. The van der Waals surface area contributed by atoms with Crippen molar-refractivity contribution in [3.8, 4) is 5.75 Å². The number of ether oxygens (including phenoxy) is 2. The second kappa shape index (κ2) is 6.38. The van der Waals surface area contributed by atoms with E-state index in [-0.39, 0.29) is 17.9 Å². The maximum absolute atomic E-state index is 13.4. The molecule has 0 saturated carbocycles. The minimum atomic E-state index is -0.514. The summed E-state index contributed by atoms with van der Waals surface area (Å²) in [7, 11) is 1.39. The maximum Gasteiger partial charge on any atom is 0.319 e. The lowest BCUT2D eigenvalue weighted by Crippen LogP contribution is -2.35. The number of rotatable bonds is 4. The van der Waals surface area contributed by atoms with Crippen molar-refractivity contribution in [3.05, 3.63) is 24.0 Å². The Bertz CT molecular complexity index is 448. The highest BCUT2D eigenvalue weighted by atomic mass is 19.1. The lowest BCUT2D eigenvalue weighted by Gasteiger charge is -2.12. The van der Waals surface area contributed by atoms with Crippen LogP contribution in [0, 0.1) is 5.82 Å². The van der Waals surface area contributed by atoms with Crippen LogP contribution in [0.2, 0.25) is 0 Å². The molecule has 0 bridgehead atoms. The Kier molecular flexibility index (Phi) is 4.57. The summed E-state index contributed by atoms with van der Waals surface area (Å²) in [6.07, 6.45) is 2.06. The van der Waals surface area contributed by atoms with Crippen LogP contribution in [-0.2, 0) is 4.74 Å². The number of carbonyl (C=O) groups is 1. The lowest BCUT2D eigenvalue weighted by molar-refractivity contribution is 0.112. The summed E-state index contributed by atoms with van der Waals surface area (Å²) >= 11 is 0. The van der Waals surface area contributed by atoms with E-state index in [2.05, 4.69) is 10.6 Å². The molecular formula is C13H17FN2O3. The van der Waals surface area contributed by atoms with Gasteiger partial charge in [0.1, 0.15) is 0 Å². The molecule has 6 heteroatoms. The van der Waals surface area contributed by atoms with E-state index >= 15 is 0 Å². The molecule has 1 atom stereocenters. The topological polar surface area (TPSA) is 59.6 Å². The second-order valence-electron chi connectivity index (χ2n) is 4.32. The molecule has 2 amide bonds. The Morgan fingerprint density at radius 1 is 1.58 bits per heavy atom. The predicted molar refractivity (Wildman–Crippen MR) is 68.9 cm³/mol. The van der Waals surface area contributed by atoms with Crippen LogP contribution >= 0.6 is 0 Å². The van der Waals surface area contributed by atoms with Crippen molar-refractivity contribution in [2.45, 2.75) is 18.9 Å². The average Bonchev–Trinajstić information content (AvgIpc) is 2.90. The van der Waals surface area contributed by atoms with Gasteiger partial charge in [0, 0.05) is 24.9 Å². The van der Waals surface area contributed by atoms with Gasteiger partial charge >= 0.3 is 6.03 Å². The zero-order valence-electron chi connectivity index (χ0n) is 10.7. The van der Waals surface area contributed by atoms with Crippen molar-refractivity contribution < 1.29 is 18.7 Å². The number of amides is 2. The Morgan fingerprint density at radius 2 is 2.42 bits per heavy atom. The van der Waals surface area contributed by atoms with Gasteiger partial charge in [0.15, 0.2) is 11.6 Å². The lowest BCUT2D eigenvalue weighted by atomic mass is 10.2. The quantitative estimate of drug-likeness (QED) is 0.879. The van der Waals surface area contributed by atoms with Crippen LogP contribution in [-0.4, -0.2) is 32.4 Å². The molecule has 1 heterocycles.